The predicted octanol–water partition coefficient (Wildman–Crippen LogP) is 5.66. The molecule has 0 saturated carbocycles. The second kappa shape index (κ2) is 11.0. The van der Waals surface area contributed by atoms with E-state index in [2.05, 4.69) is 20.2 Å². The molecular weight excluding hydrogens is 490 g/mol. The van der Waals surface area contributed by atoms with Crippen molar-refractivity contribution in [2.75, 3.05) is 11.9 Å². The van der Waals surface area contributed by atoms with Crippen LogP contribution in [0.5, 0.6) is 5.75 Å². The van der Waals surface area contributed by atoms with Crippen molar-refractivity contribution >= 4 is 28.1 Å². The highest BCUT2D eigenvalue weighted by Crippen LogP contribution is 2.31. The van der Waals surface area contributed by atoms with Gasteiger partial charge >= 0.3 is 0 Å². The zero-order valence-corrected chi connectivity index (χ0v) is 21.4. The number of nitrogens with one attached hydrogen (secondary N) is 1. The number of amides is 1. The molecule has 0 bridgehead atoms. The molecule has 1 amide bonds. The van der Waals surface area contributed by atoms with Crippen molar-refractivity contribution in [3.05, 3.63) is 103 Å². The summed E-state index contributed by atoms with van der Waals surface area (Å²) < 4.78 is 12.0. The molecule has 3 N–H and O–H groups in total. The smallest absolute Gasteiger partial charge is 0.234 e. The van der Waals surface area contributed by atoms with Crippen LogP contribution >= 0.6 is 0 Å². The minimum Gasteiger partial charge on any atom is -0.489 e. The molecule has 3 aromatic heterocycles. The lowest BCUT2D eigenvalue weighted by Crippen LogP contribution is -2.39. The summed E-state index contributed by atoms with van der Waals surface area (Å²) >= 11 is 0. The van der Waals surface area contributed by atoms with Crippen LogP contribution in [0.15, 0.2) is 95.8 Å². The predicted molar refractivity (Wildman–Crippen MR) is 150 cm³/mol. The number of carbonyl (C=O) groups is 1. The molecule has 0 aliphatic carbocycles. The van der Waals surface area contributed by atoms with E-state index < -0.39 is 0 Å². The van der Waals surface area contributed by atoms with Crippen LogP contribution in [0.25, 0.3) is 22.2 Å². The number of carbonyl (C=O) groups excluding carboxylic acids is 1. The van der Waals surface area contributed by atoms with Crippen LogP contribution in [0.2, 0.25) is 0 Å². The first-order chi connectivity index (χ1) is 19.1. The molecule has 1 atom stereocenters. The number of furan rings is 1. The standard InChI is InChI=1S/C31H29N5O3/c32-31(37)29-7-4-14-36(29)19-25-12-13-30(39-25)27-15-26-22(17-34-27)16-33-18-28(26)35-23-8-10-24(11-9-23)38-20-21-5-2-1-3-6-21/h1-3,5-6,8-13,15-18,29,35H,4,7,14,19-20H2,(H2,32,37)/t29-/m1/s1. The summed E-state index contributed by atoms with van der Waals surface area (Å²) in [5.41, 5.74) is 9.20. The summed E-state index contributed by atoms with van der Waals surface area (Å²) in [6, 6.07) is 23.6. The van der Waals surface area contributed by atoms with E-state index in [0.717, 1.165) is 64.3 Å². The van der Waals surface area contributed by atoms with Crippen LogP contribution in [-0.2, 0) is 17.9 Å². The quantitative estimate of drug-likeness (QED) is 0.259. The third-order valence-electron chi connectivity index (χ3n) is 6.99. The summed E-state index contributed by atoms with van der Waals surface area (Å²) in [5.74, 6) is 1.97. The van der Waals surface area contributed by atoms with E-state index in [9.17, 15) is 4.79 Å². The molecule has 1 aliphatic rings. The number of primary amides is 1. The fourth-order valence-corrected chi connectivity index (χ4v) is 4.97. The third kappa shape index (κ3) is 5.61. The van der Waals surface area contributed by atoms with Gasteiger partial charge in [0, 0.05) is 28.9 Å². The Labute approximate surface area is 226 Å². The van der Waals surface area contributed by atoms with Crippen LogP contribution in [0.4, 0.5) is 11.4 Å². The highest BCUT2D eigenvalue weighted by Gasteiger charge is 2.29. The average molecular weight is 520 g/mol. The second-order valence-electron chi connectivity index (χ2n) is 9.70. The minimum absolute atomic E-state index is 0.233. The van der Waals surface area contributed by atoms with E-state index in [-0.39, 0.29) is 11.9 Å². The van der Waals surface area contributed by atoms with Crippen molar-refractivity contribution in [1.29, 1.82) is 0 Å². The van der Waals surface area contributed by atoms with Crippen LogP contribution in [0.1, 0.15) is 24.2 Å². The Balaban J connectivity index is 1.17. The van der Waals surface area contributed by atoms with Crippen molar-refractivity contribution in [3.63, 3.8) is 0 Å². The normalized spacial score (nSPS) is 15.4. The van der Waals surface area contributed by atoms with Gasteiger partial charge in [0.05, 0.1) is 24.5 Å². The fraction of sp³-hybridized carbons (Fsp3) is 0.194. The van der Waals surface area contributed by atoms with Gasteiger partial charge in [0.15, 0.2) is 5.76 Å². The average Bonchev–Trinajstić information content (AvgIpc) is 3.63. The zero-order valence-electron chi connectivity index (χ0n) is 21.4. The Bertz CT molecular complexity index is 1580. The molecular formula is C31H29N5O3. The lowest BCUT2D eigenvalue weighted by Gasteiger charge is -2.20. The van der Waals surface area contributed by atoms with Gasteiger partial charge in [-0.3, -0.25) is 19.7 Å². The van der Waals surface area contributed by atoms with Crippen LogP contribution in [-0.4, -0.2) is 33.4 Å². The van der Waals surface area contributed by atoms with E-state index >= 15 is 0 Å². The topological polar surface area (TPSA) is 107 Å². The molecule has 0 unspecified atom stereocenters. The number of hydrogen-bond donors (Lipinski definition) is 2. The molecule has 8 nitrogen and oxygen atoms in total. The lowest BCUT2D eigenvalue weighted by atomic mass is 10.1. The number of fused-ring (bicyclic) bond motifs is 1. The van der Waals surface area contributed by atoms with Crippen molar-refractivity contribution < 1.29 is 13.9 Å². The number of nitrogens with zero attached hydrogens (tertiary/aromatic N) is 3. The van der Waals surface area contributed by atoms with E-state index in [4.69, 9.17) is 14.9 Å². The number of anilines is 2. The SMILES string of the molecule is NC(=O)[C@H]1CCCN1Cc1ccc(-c2cc3c(Nc4ccc(OCc5ccccc5)cc4)cncc3cn2)o1. The molecule has 8 heteroatoms. The number of ether oxygens (including phenoxy) is 1. The summed E-state index contributed by atoms with van der Waals surface area (Å²) in [6.07, 6.45) is 7.15. The fourth-order valence-electron chi connectivity index (χ4n) is 4.97. The Morgan fingerprint density at radius 2 is 1.90 bits per heavy atom. The number of aromatic nitrogens is 2. The first kappa shape index (κ1) is 24.6. The maximum Gasteiger partial charge on any atom is 0.234 e. The van der Waals surface area contributed by atoms with Crippen LogP contribution in [0, 0.1) is 0 Å². The van der Waals surface area contributed by atoms with Gasteiger partial charge in [0.25, 0.3) is 0 Å². The summed E-state index contributed by atoms with van der Waals surface area (Å²) in [6.45, 7) is 1.90. The van der Waals surface area contributed by atoms with Gasteiger partial charge in [-0.1, -0.05) is 30.3 Å². The molecule has 5 aromatic rings. The van der Waals surface area contributed by atoms with Crippen LogP contribution < -0.4 is 15.8 Å². The van der Waals surface area contributed by atoms with Crippen molar-refractivity contribution in [1.82, 2.24) is 14.9 Å². The molecule has 4 heterocycles. The molecule has 0 spiro atoms. The van der Waals surface area contributed by atoms with Crippen molar-refractivity contribution in [2.24, 2.45) is 5.73 Å². The first-order valence-electron chi connectivity index (χ1n) is 13.0. The molecule has 1 fully saturated rings. The molecule has 1 aliphatic heterocycles. The Morgan fingerprint density at radius 1 is 1.05 bits per heavy atom. The van der Waals surface area contributed by atoms with E-state index in [1.165, 1.54) is 0 Å². The number of rotatable bonds is 9. The van der Waals surface area contributed by atoms with Crippen molar-refractivity contribution in [3.8, 4) is 17.2 Å². The van der Waals surface area contributed by atoms with E-state index in [1.807, 2.05) is 72.8 Å². The molecule has 39 heavy (non-hydrogen) atoms. The molecule has 196 valence electrons. The number of likely N-dealkylation sites (tertiary alicyclic amines) is 1. The van der Waals surface area contributed by atoms with Gasteiger partial charge in [0.1, 0.15) is 23.8 Å². The van der Waals surface area contributed by atoms with Gasteiger partial charge in [-0.25, -0.2) is 0 Å². The Morgan fingerprint density at radius 3 is 2.72 bits per heavy atom. The summed E-state index contributed by atoms with van der Waals surface area (Å²) in [5, 5.41) is 5.36. The first-order valence-corrected chi connectivity index (χ1v) is 13.0. The zero-order chi connectivity index (χ0) is 26.6. The number of pyridine rings is 2. The number of hydrogen-bond acceptors (Lipinski definition) is 7. The highest BCUT2D eigenvalue weighted by atomic mass is 16.5. The molecule has 0 radical (unpaired) electrons. The molecule has 2 aromatic carbocycles. The van der Waals surface area contributed by atoms with Gasteiger partial charge in [0.2, 0.25) is 5.91 Å². The largest absolute Gasteiger partial charge is 0.489 e. The monoisotopic (exact) mass is 519 g/mol. The maximum atomic E-state index is 11.7. The minimum atomic E-state index is -0.279. The summed E-state index contributed by atoms with van der Waals surface area (Å²) in [7, 11) is 0. The van der Waals surface area contributed by atoms with Gasteiger partial charge in [-0.15, -0.1) is 0 Å². The molecule has 1 saturated heterocycles. The highest BCUT2D eigenvalue weighted by molar-refractivity contribution is 5.95. The lowest BCUT2D eigenvalue weighted by molar-refractivity contribution is -0.122. The van der Waals surface area contributed by atoms with Crippen molar-refractivity contribution in [2.45, 2.75) is 32.0 Å². The Hall–Kier alpha value is -4.69. The Kier molecular flexibility index (Phi) is 6.93. The summed E-state index contributed by atoms with van der Waals surface area (Å²) in [4.78, 5) is 22.8. The van der Waals surface area contributed by atoms with Gasteiger partial charge in [-0.2, -0.15) is 0 Å². The van der Waals surface area contributed by atoms with E-state index in [0.29, 0.717) is 18.9 Å². The van der Waals surface area contributed by atoms with Gasteiger partial charge in [-0.05, 0) is 67.4 Å². The number of benzene rings is 2. The second-order valence-corrected chi connectivity index (χ2v) is 9.70. The maximum absolute atomic E-state index is 11.7. The van der Waals surface area contributed by atoms with E-state index in [1.54, 1.807) is 18.6 Å². The van der Waals surface area contributed by atoms with Gasteiger partial charge < -0.3 is 20.2 Å². The third-order valence-corrected chi connectivity index (χ3v) is 6.99. The molecule has 6 rings (SSSR count). The number of nitrogens with two attached hydrogens (primary N) is 1. The van der Waals surface area contributed by atoms with Crippen LogP contribution in [0.3, 0.4) is 0 Å².